The third-order valence-electron chi connectivity index (χ3n) is 1.99. The first-order valence-corrected chi connectivity index (χ1v) is 4.48. The van der Waals surface area contributed by atoms with Crippen LogP contribution in [0.15, 0.2) is 34.5 Å². The highest BCUT2D eigenvalue weighted by molar-refractivity contribution is 5.94. The minimum absolute atomic E-state index is 0.0608. The summed E-state index contributed by atoms with van der Waals surface area (Å²) in [5, 5.41) is 7.02. The molecule has 1 aromatic rings. The first-order valence-electron chi connectivity index (χ1n) is 4.48. The fourth-order valence-electron chi connectivity index (χ4n) is 1.11. The van der Waals surface area contributed by atoms with E-state index in [1.807, 2.05) is 19.2 Å². The first-order chi connectivity index (χ1) is 7.15. The molecule has 0 aliphatic heterocycles. The van der Waals surface area contributed by atoms with Crippen molar-refractivity contribution in [3.05, 3.63) is 29.8 Å². The maximum Gasteiger partial charge on any atom is 0.159 e. The third kappa shape index (κ3) is 3.02. The molecule has 0 atom stereocenters. The van der Waals surface area contributed by atoms with E-state index in [1.165, 1.54) is 0 Å². The second-order valence-corrected chi connectivity index (χ2v) is 3.09. The van der Waals surface area contributed by atoms with Gasteiger partial charge in [0.15, 0.2) is 5.78 Å². The van der Waals surface area contributed by atoms with Gasteiger partial charge in [-0.15, -0.1) is 5.10 Å². The van der Waals surface area contributed by atoms with Crippen LogP contribution < -0.4 is 4.90 Å². The molecule has 0 radical (unpaired) electrons. The lowest BCUT2D eigenvalue weighted by Gasteiger charge is -2.12. The maximum atomic E-state index is 11.0. The van der Waals surface area contributed by atoms with Crippen molar-refractivity contribution in [2.24, 2.45) is 10.2 Å². The summed E-state index contributed by atoms with van der Waals surface area (Å²) >= 11 is 0. The van der Waals surface area contributed by atoms with E-state index >= 15 is 0 Å². The van der Waals surface area contributed by atoms with Gasteiger partial charge in [-0.3, -0.25) is 4.79 Å². The van der Waals surface area contributed by atoms with Crippen LogP contribution in [0, 0.1) is 0 Å². The Morgan fingerprint density at radius 2 is 2.00 bits per heavy atom. The molecule has 0 unspecified atom stereocenters. The quantitative estimate of drug-likeness (QED) is 0.325. The Morgan fingerprint density at radius 3 is 2.47 bits per heavy atom. The molecule has 78 valence electrons. The predicted octanol–water partition coefficient (Wildman–Crippen LogP) is 1.97. The summed E-state index contributed by atoms with van der Waals surface area (Å²) in [7, 11) is 1.84. The largest absolute Gasteiger partial charge is 0.334 e. The van der Waals surface area contributed by atoms with E-state index in [1.54, 1.807) is 30.3 Å². The van der Waals surface area contributed by atoms with Crippen LogP contribution in [0.1, 0.15) is 17.3 Å². The van der Waals surface area contributed by atoms with Crippen LogP contribution in [0.2, 0.25) is 0 Å². The molecule has 0 N–H and O–H groups in total. The Morgan fingerprint density at radius 1 is 1.40 bits per heavy atom. The Labute approximate surface area is 88.9 Å². The van der Waals surface area contributed by atoms with Crippen molar-refractivity contribution >= 4 is 24.5 Å². The number of carbonyl (C=O) groups excluding carboxylic acids is 1. The zero-order valence-electron chi connectivity index (χ0n) is 8.84. The normalized spacial score (nSPS) is 10.3. The number of carbonyl (C=O) groups is 1. The highest BCUT2D eigenvalue weighted by Crippen LogP contribution is 2.12. The molecule has 15 heavy (non-hydrogen) atoms. The molecule has 0 fully saturated rings. The van der Waals surface area contributed by atoms with Crippen LogP contribution >= 0.6 is 0 Å². The molecule has 0 saturated carbocycles. The van der Waals surface area contributed by atoms with Crippen LogP contribution in [-0.2, 0) is 0 Å². The molecule has 1 aromatic carbocycles. The standard InChI is InChI=1S/C11H13N3O/c1-9(15)10-4-6-11(7-5-10)14(3)8-13-12-2/h4-8H,2H2,1,3H3/b13-8-. The summed E-state index contributed by atoms with van der Waals surface area (Å²) in [4.78, 5) is 12.8. The zero-order chi connectivity index (χ0) is 11.3. The number of rotatable bonds is 4. The summed E-state index contributed by atoms with van der Waals surface area (Å²) < 4.78 is 0. The van der Waals surface area contributed by atoms with Crippen molar-refractivity contribution in [3.8, 4) is 0 Å². The zero-order valence-corrected chi connectivity index (χ0v) is 8.84. The molecule has 0 aromatic heterocycles. The molecule has 0 bridgehead atoms. The molecule has 0 spiro atoms. The van der Waals surface area contributed by atoms with Gasteiger partial charge in [0.05, 0.1) is 0 Å². The number of anilines is 1. The molecule has 1 rings (SSSR count). The van der Waals surface area contributed by atoms with E-state index in [0.717, 1.165) is 5.69 Å². The molecule has 0 aliphatic carbocycles. The fraction of sp³-hybridized carbons (Fsp3) is 0.182. The van der Waals surface area contributed by atoms with Gasteiger partial charge in [0.2, 0.25) is 0 Å². The Hall–Kier alpha value is -1.97. The molecule has 0 heterocycles. The summed E-state index contributed by atoms with van der Waals surface area (Å²) in [6.07, 6.45) is 1.55. The molecule has 4 heteroatoms. The maximum absolute atomic E-state index is 11.0. The number of Topliss-reactive ketones (excluding diaryl/α,β-unsaturated/α-hetero) is 1. The lowest BCUT2D eigenvalue weighted by molar-refractivity contribution is 0.101. The Kier molecular flexibility index (Phi) is 3.74. The molecular formula is C11H13N3O. The second kappa shape index (κ2) is 5.05. The van der Waals surface area contributed by atoms with Crippen molar-refractivity contribution in [1.29, 1.82) is 0 Å². The van der Waals surface area contributed by atoms with Crippen LogP contribution in [0.25, 0.3) is 0 Å². The van der Waals surface area contributed by atoms with Crippen molar-refractivity contribution in [2.75, 3.05) is 11.9 Å². The van der Waals surface area contributed by atoms with E-state index in [-0.39, 0.29) is 5.78 Å². The number of hydrogen-bond acceptors (Lipinski definition) is 3. The van der Waals surface area contributed by atoms with E-state index in [9.17, 15) is 4.79 Å². The first kappa shape index (κ1) is 11.1. The highest BCUT2D eigenvalue weighted by Gasteiger charge is 2.00. The van der Waals surface area contributed by atoms with Crippen LogP contribution in [0.5, 0.6) is 0 Å². The van der Waals surface area contributed by atoms with E-state index in [4.69, 9.17) is 0 Å². The van der Waals surface area contributed by atoms with Gasteiger partial charge in [-0.25, -0.2) is 0 Å². The van der Waals surface area contributed by atoms with E-state index in [0.29, 0.717) is 5.56 Å². The third-order valence-corrected chi connectivity index (χ3v) is 1.99. The van der Waals surface area contributed by atoms with Gasteiger partial charge in [-0.1, -0.05) is 0 Å². The Balaban J connectivity index is 2.83. The SMILES string of the molecule is C=N/N=C\N(C)c1ccc(C(C)=O)cc1. The minimum atomic E-state index is 0.0608. The van der Waals surface area contributed by atoms with Crippen molar-refractivity contribution in [1.82, 2.24) is 0 Å². The molecule has 0 aliphatic rings. The van der Waals surface area contributed by atoms with Gasteiger partial charge >= 0.3 is 0 Å². The average molecular weight is 203 g/mol. The number of hydrogen-bond donors (Lipinski definition) is 0. The van der Waals surface area contributed by atoms with Gasteiger partial charge in [-0.05, 0) is 31.2 Å². The van der Waals surface area contributed by atoms with Gasteiger partial charge in [0, 0.05) is 25.0 Å². The van der Waals surface area contributed by atoms with Gasteiger partial charge in [0.1, 0.15) is 6.34 Å². The predicted molar refractivity (Wildman–Crippen MR) is 62.9 cm³/mol. The highest BCUT2D eigenvalue weighted by atomic mass is 16.1. The smallest absolute Gasteiger partial charge is 0.159 e. The number of benzene rings is 1. The van der Waals surface area contributed by atoms with E-state index in [2.05, 4.69) is 16.9 Å². The summed E-state index contributed by atoms with van der Waals surface area (Å²) in [5.74, 6) is 0.0608. The fourth-order valence-corrected chi connectivity index (χ4v) is 1.11. The van der Waals surface area contributed by atoms with E-state index < -0.39 is 0 Å². The summed E-state index contributed by atoms with van der Waals surface area (Å²) in [6, 6.07) is 7.27. The minimum Gasteiger partial charge on any atom is -0.334 e. The van der Waals surface area contributed by atoms with Gasteiger partial charge < -0.3 is 4.90 Å². The van der Waals surface area contributed by atoms with Gasteiger partial charge in [-0.2, -0.15) is 5.10 Å². The van der Waals surface area contributed by atoms with Crippen LogP contribution in [0.4, 0.5) is 5.69 Å². The second-order valence-electron chi connectivity index (χ2n) is 3.09. The molecule has 0 saturated heterocycles. The number of ketones is 1. The lowest BCUT2D eigenvalue weighted by atomic mass is 10.1. The van der Waals surface area contributed by atoms with Crippen molar-refractivity contribution < 1.29 is 4.79 Å². The van der Waals surface area contributed by atoms with Crippen molar-refractivity contribution in [3.63, 3.8) is 0 Å². The Bertz CT molecular complexity index is 381. The van der Waals surface area contributed by atoms with Gasteiger partial charge in [0.25, 0.3) is 0 Å². The summed E-state index contributed by atoms with van der Waals surface area (Å²) in [5.41, 5.74) is 1.64. The van der Waals surface area contributed by atoms with Crippen molar-refractivity contribution in [2.45, 2.75) is 6.92 Å². The summed E-state index contributed by atoms with van der Waals surface area (Å²) in [6.45, 7) is 4.79. The molecular weight excluding hydrogens is 190 g/mol. The molecule has 0 amide bonds. The topological polar surface area (TPSA) is 45.0 Å². The monoisotopic (exact) mass is 203 g/mol. The lowest BCUT2D eigenvalue weighted by Crippen LogP contribution is -2.13. The molecule has 4 nitrogen and oxygen atoms in total. The average Bonchev–Trinajstić information content (AvgIpc) is 2.26. The van der Waals surface area contributed by atoms with Crippen LogP contribution in [0.3, 0.4) is 0 Å². The van der Waals surface area contributed by atoms with Crippen LogP contribution in [-0.4, -0.2) is 25.9 Å². The number of nitrogens with zero attached hydrogens (tertiary/aromatic N) is 3.